The molecular formula is C15H15BrN2O2. The fourth-order valence-corrected chi connectivity index (χ4v) is 2.97. The van der Waals surface area contributed by atoms with E-state index in [1.165, 1.54) is 4.90 Å². The summed E-state index contributed by atoms with van der Waals surface area (Å²) in [7, 11) is 0. The molecule has 1 aliphatic heterocycles. The van der Waals surface area contributed by atoms with Gasteiger partial charge in [-0.3, -0.25) is 9.59 Å². The highest BCUT2D eigenvalue weighted by Gasteiger charge is 2.50. The van der Waals surface area contributed by atoms with Gasteiger partial charge in [0.2, 0.25) is 11.8 Å². The van der Waals surface area contributed by atoms with Crippen LogP contribution in [0.25, 0.3) is 0 Å². The summed E-state index contributed by atoms with van der Waals surface area (Å²) in [6.07, 6.45) is 1.47. The lowest BCUT2D eigenvalue weighted by Gasteiger charge is -2.24. The molecule has 5 heteroatoms. The highest BCUT2D eigenvalue weighted by atomic mass is 79.9. The van der Waals surface area contributed by atoms with Gasteiger partial charge in [-0.1, -0.05) is 29.8 Å². The predicted octanol–water partition coefficient (Wildman–Crippen LogP) is 3.39. The molecule has 104 valence electrons. The smallest absolute Gasteiger partial charge is 0.240 e. The number of rotatable bonds is 3. The van der Waals surface area contributed by atoms with E-state index in [2.05, 4.69) is 15.9 Å². The van der Waals surface area contributed by atoms with Gasteiger partial charge in [0.15, 0.2) is 0 Å². The van der Waals surface area contributed by atoms with Crippen molar-refractivity contribution in [2.45, 2.75) is 33.1 Å². The van der Waals surface area contributed by atoms with Crippen molar-refractivity contribution in [3.05, 3.63) is 28.2 Å². The predicted molar refractivity (Wildman–Crippen MR) is 79.0 cm³/mol. The molecular weight excluding hydrogens is 320 g/mol. The normalized spacial score (nSPS) is 17.4. The van der Waals surface area contributed by atoms with Crippen LogP contribution >= 0.6 is 15.9 Å². The van der Waals surface area contributed by atoms with Gasteiger partial charge in [-0.25, -0.2) is 4.90 Å². The van der Waals surface area contributed by atoms with E-state index < -0.39 is 5.41 Å². The molecule has 1 fully saturated rings. The number of halogens is 1. The third kappa shape index (κ3) is 2.14. The Hall–Kier alpha value is -1.67. The first-order valence-corrected chi connectivity index (χ1v) is 7.35. The van der Waals surface area contributed by atoms with Gasteiger partial charge in [-0.2, -0.15) is 5.26 Å². The van der Waals surface area contributed by atoms with Crippen molar-refractivity contribution in [2.24, 2.45) is 5.41 Å². The minimum atomic E-state index is -0.619. The maximum absolute atomic E-state index is 12.7. The lowest BCUT2D eigenvalue weighted by molar-refractivity contribution is -0.126. The summed E-state index contributed by atoms with van der Waals surface area (Å²) in [5.74, 6) is -0.421. The Kier molecular flexibility index (Phi) is 3.96. The molecule has 0 bridgehead atoms. The minimum absolute atomic E-state index is 0.192. The lowest BCUT2D eigenvalue weighted by atomic mass is 9.81. The van der Waals surface area contributed by atoms with Crippen LogP contribution in [0.2, 0.25) is 0 Å². The molecule has 1 heterocycles. The van der Waals surface area contributed by atoms with Crippen LogP contribution < -0.4 is 4.90 Å². The van der Waals surface area contributed by atoms with E-state index in [1.807, 2.05) is 19.9 Å². The standard InChI is InChI=1S/C15H15BrN2O2/c1-3-15(4-2)8-13(19)18(14(15)20)12-7-11(16)6-5-10(12)9-17/h5-7H,3-4,8H2,1-2H3. The first-order valence-electron chi connectivity index (χ1n) is 6.56. The molecule has 1 aromatic carbocycles. The Morgan fingerprint density at radius 1 is 1.35 bits per heavy atom. The number of benzene rings is 1. The number of imide groups is 1. The Morgan fingerprint density at radius 2 is 2.00 bits per heavy atom. The van der Waals surface area contributed by atoms with E-state index in [9.17, 15) is 14.9 Å². The summed E-state index contributed by atoms with van der Waals surface area (Å²) in [5.41, 5.74) is 0.0881. The SMILES string of the molecule is CCC1(CC)CC(=O)N(c2cc(Br)ccc2C#N)C1=O. The molecule has 0 saturated carbocycles. The van der Waals surface area contributed by atoms with Gasteiger partial charge in [0.05, 0.1) is 16.7 Å². The quantitative estimate of drug-likeness (QED) is 0.796. The molecule has 0 atom stereocenters. The molecule has 1 aromatic rings. The average molecular weight is 335 g/mol. The van der Waals surface area contributed by atoms with Gasteiger partial charge in [-0.15, -0.1) is 0 Å². The van der Waals surface area contributed by atoms with E-state index in [-0.39, 0.29) is 18.2 Å². The van der Waals surface area contributed by atoms with E-state index in [0.29, 0.717) is 24.1 Å². The molecule has 0 aliphatic carbocycles. The largest absolute Gasteiger partial charge is 0.274 e. The molecule has 0 aromatic heterocycles. The number of amides is 2. The van der Waals surface area contributed by atoms with Crippen LogP contribution in [0.3, 0.4) is 0 Å². The van der Waals surface area contributed by atoms with E-state index in [4.69, 9.17) is 0 Å². The Labute approximate surface area is 126 Å². The van der Waals surface area contributed by atoms with Crippen LogP contribution in [0.15, 0.2) is 22.7 Å². The number of nitrogens with zero attached hydrogens (tertiary/aromatic N) is 2. The molecule has 1 aliphatic rings. The summed E-state index contributed by atoms with van der Waals surface area (Å²) in [4.78, 5) is 26.1. The fraction of sp³-hybridized carbons (Fsp3) is 0.400. The number of anilines is 1. The number of hydrogen-bond donors (Lipinski definition) is 0. The molecule has 2 amide bonds. The molecule has 20 heavy (non-hydrogen) atoms. The Morgan fingerprint density at radius 3 is 2.50 bits per heavy atom. The number of carbonyl (C=O) groups excluding carboxylic acids is 2. The fourth-order valence-electron chi connectivity index (χ4n) is 2.63. The minimum Gasteiger partial charge on any atom is -0.274 e. The average Bonchev–Trinajstić information content (AvgIpc) is 2.70. The Bertz CT molecular complexity index is 615. The van der Waals surface area contributed by atoms with Crippen LogP contribution in [0, 0.1) is 16.7 Å². The van der Waals surface area contributed by atoms with E-state index >= 15 is 0 Å². The molecule has 4 nitrogen and oxygen atoms in total. The van der Waals surface area contributed by atoms with Crippen molar-refractivity contribution in [3.63, 3.8) is 0 Å². The van der Waals surface area contributed by atoms with Crippen LogP contribution in [0.1, 0.15) is 38.7 Å². The summed E-state index contributed by atoms with van der Waals surface area (Å²) in [6, 6.07) is 7.02. The van der Waals surface area contributed by atoms with Crippen molar-refractivity contribution >= 4 is 33.4 Å². The zero-order valence-corrected chi connectivity index (χ0v) is 13.0. The number of nitriles is 1. The van der Waals surface area contributed by atoms with Crippen molar-refractivity contribution in [3.8, 4) is 6.07 Å². The highest BCUT2D eigenvalue weighted by molar-refractivity contribution is 9.10. The van der Waals surface area contributed by atoms with Crippen molar-refractivity contribution in [1.29, 1.82) is 5.26 Å². The van der Waals surface area contributed by atoms with Crippen molar-refractivity contribution in [1.82, 2.24) is 0 Å². The zero-order chi connectivity index (χ0) is 14.9. The summed E-state index contributed by atoms with van der Waals surface area (Å²) in [6.45, 7) is 3.84. The monoisotopic (exact) mass is 334 g/mol. The third-order valence-electron chi connectivity index (χ3n) is 4.07. The second-order valence-electron chi connectivity index (χ2n) is 4.97. The zero-order valence-electron chi connectivity index (χ0n) is 11.4. The van der Waals surface area contributed by atoms with Crippen LogP contribution in [-0.2, 0) is 9.59 Å². The second-order valence-corrected chi connectivity index (χ2v) is 5.89. The van der Waals surface area contributed by atoms with Gasteiger partial charge in [0.25, 0.3) is 0 Å². The second kappa shape index (κ2) is 5.37. The van der Waals surface area contributed by atoms with Gasteiger partial charge in [0.1, 0.15) is 6.07 Å². The third-order valence-corrected chi connectivity index (χ3v) is 4.56. The van der Waals surface area contributed by atoms with Crippen LogP contribution in [-0.4, -0.2) is 11.8 Å². The number of carbonyl (C=O) groups is 2. The highest BCUT2D eigenvalue weighted by Crippen LogP contribution is 2.42. The van der Waals surface area contributed by atoms with Gasteiger partial charge in [0, 0.05) is 10.9 Å². The molecule has 1 saturated heterocycles. The van der Waals surface area contributed by atoms with Gasteiger partial charge in [-0.05, 0) is 31.0 Å². The summed E-state index contributed by atoms with van der Waals surface area (Å²) >= 11 is 3.32. The van der Waals surface area contributed by atoms with E-state index in [0.717, 1.165) is 4.47 Å². The molecule has 0 N–H and O–H groups in total. The molecule has 0 unspecified atom stereocenters. The van der Waals surface area contributed by atoms with Crippen LogP contribution in [0.4, 0.5) is 5.69 Å². The number of hydrogen-bond acceptors (Lipinski definition) is 3. The molecule has 2 rings (SSSR count). The van der Waals surface area contributed by atoms with Gasteiger partial charge >= 0.3 is 0 Å². The van der Waals surface area contributed by atoms with E-state index in [1.54, 1.807) is 18.2 Å². The maximum Gasteiger partial charge on any atom is 0.240 e. The topological polar surface area (TPSA) is 61.2 Å². The lowest BCUT2D eigenvalue weighted by Crippen LogP contribution is -2.35. The first-order chi connectivity index (χ1) is 9.49. The summed E-state index contributed by atoms with van der Waals surface area (Å²) in [5, 5.41) is 9.17. The maximum atomic E-state index is 12.7. The van der Waals surface area contributed by atoms with Crippen molar-refractivity contribution in [2.75, 3.05) is 4.90 Å². The van der Waals surface area contributed by atoms with Crippen LogP contribution in [0.5, 0.6) is 0 Å². The summed E-state index contributed by atoms with van der Waals surface area (Å²) < 4.78 is 0.734. The molecule has 0 radical (unpaired) electrons. The molecule has 0 spiro atoms. The van der Waals surface area contributed by atoms with Crippen molar-refractivity contribution < 1.29 is 9.59 Å². The Balaban J connectivity index is 2.54. The first kappa shape index (κ1) is 14.7. The van der Waals surface area contributed by atoms with Gasteiger partial charge < -0.3 is 0 Å².